The summed E-state index contributed by atoms with van der Waals surface area (Å²) in [7, 11) is 0. The van der Waals surface area contributed by atoms with E-state index in [2.05, 4.69) is 0 Å². The van der Waals surface area contributed by atoms with Gasteiger partial charge in [-0.05, 0) is 24.0 Å². The van der Waals surface area contributed by atoms with Crippen LogP contribution in [0.5, 0.6) is 0 Å². The van der Waals surface area contributed by atoms with Gasteiger partial charge in [0.25, 0.3) is 0 Å². The quantitative estimate of drug-likeness (QED) is 0.816. The van der Waals surface area contributed by atoms with Gasteiger partial charge in [0, 0.05) is 16.1 Å². The van der Waals surface area contributed by atoms with Crippen molar-refractivity contribution in [2.75, 3.05) is 0 Å². The maximum atomic E-state index is 12.9. The van der Waals surface area contributed by atoms with Crippen LogP contribution in [0.2, 0.25) is 5.02 Å². The van der Waals surface area contributed by atoms with E-state index < -0.39 is 17.3 Å². The van der Waals surface area contributed by atoms with Gasteiger partial charge in [0.15, 0.2) is 0 Å². The minimum Gasteiger partial charge on any atom is -0.321 e. The molecule has 94 valence electrons. The lowest BCUT2D eigenvalue weighted by Crippen LogP contribution is -2.29. The maximum absolute atomic E-state index is 12.9. The van der Waals surface area contributed by atoms with Crippen LogP contribution in [0.25, 0.3) is 0 Å². The predicted molar refractivity (Wildman–Crippen MR) is 60.7 cm³/mol. The van der Waals surface area contributed by atoms with Crippen LogP contribution in [-0.2, 0) is 11.7 Å². The first-order chi connectivity index (χ1) is 7.59. The third-order valence-electron chi connectivity index (χ3n) is 3.57. The van der Waals surface area contributed by atoms with Gasteiger partial charge in [-0.3, -0.25) is 0 Å². The molecule has 1 nitrogen and oxygen atoms in total. The molecular weight excluding hydrogens is 251 g/mol. The Morgan fingerprint density at radius 3 is 2.24 bits per heavy atom. The van der Waals surface area contributed by atoms with Crippen LogP contribution in [0.3, 0.4) is 0 Å². The fraction of sp³-hybridized carbons (Fsp3) is 0.500. The van der Waals surface area contributed by atoms with Crippen molar-refractivity contribution in [3.63, 3.8) is 0 Å². The van der Waals surface area contributed by atoms with Crippen LogP contribution >= 0.6 is 11.6 Å². The molecule has 1 aromatic rings. The second kappa shape index (κ2) is 3.39. The van der Waals surface area contributed by atoms with Crippen LogP contribution < -0.4 is 5.73 Å². The van der Waals surface area contributed by atoms with Crippen molar-refractivity contribution in [2.45, 2.75) is 32.0 Å². The van der Waals surface area contributed by atoms with Gasteiger partial charge in [0.1, 0.15) is 0 Å². The zero-order valence-electron chi connectivity index (χ0n) is 9.53. The van der Waals surface area contributed by atoms with Gasteiger partial charge < -0.3 is 5.73 Å². The Hall–Kier alpha value is -0.740. The van der Waals surface area contributed by atoms with Crippen molar-refractivity contribution < 1.29 is 13.2 Å². The molecule has 1 aromatic carbocycles. The van der Waals surface area contributed by atoms with Crippen LogP contribution in [0.4, 0.5) is 13.2 Å². The molecule has 0 spiro atoms. The summed E-state index contributed by atoms with van der Waals surface area (Å²) in [5, 5.41) is 0.0906. The zero-order valence-corrected chi connectivity index (χ0v) is 10.3. The average molecular weight is 264 g/mol. The Balaban J connectivity index is 2.62. The van der Waals surface area contributed by atoms with Crippen LogP contribution in [-0.4, -0.2) is 0 Å². The third-order valence-corrected chi connectivity index (χ3v) is 3.88. The van der Waals surface area contributed by atoms with E-state index in [1.54, 1.807) is 0 Å². The monoisotopic (exact) mass is 263 g/mol. The molecule has 0 saturated heterocycles. The summed E-state index contributed by atoms with van der Waals surface area (Å²) in [6, 6.07) is 3.78. The summed E-state index contributed by atoms with van der Waals surface area (Å²) < 4.78 is 38.8. The standard InChI is InChI=1S/C12H13ClF3N/c1-10(2)6-11(10,17)9-7(12(14,15)16)4-3-5-8(9)13/h3-5H,6,17H2,1-2H3. The fourth-order valence-electron chi connectivity index (χ4n) is 2.29. The molecule has 0 aromatic heterocycles. The summed E-state index contributed by atoms with van der Waals surface area (Å²) in [6.45, 7) is 3.69. The van der Waals surface area contributed by atoms with Crippen molar-refractivity contribution >= 4 is 11.6 Å². The summed E-state index contributed by atoms with van der Waals surface area (Å²) >= 11 is 5.91. The number of hydrogen-bond donors (Lipinski definition) is 1. The molecule has 0 bridgehead atoms. The van der Waals surface area contributed by atoms with Crippen molar-refractivity contribution in [1.82, 2.24) is 0 Å². The molecule has 0 aliphatic heterocycles. The summed E-state index contributed by atoms with van der Waals surface area (Å²) in [6.07, 6.45) is -3.92. The molecule has 2 N–H and O–H groups in total. The number of nitrogens with two attached hydrogens (primary N) is 1. The average Bonchev–Trinajstić information content (AvgIpc) is 2.64. The minimum atomic E-state index is -4.43. The lowest BCUT2D eigenvalue weighted by Gasteiger charge is -2.22. The van der Waals surface area contributed by atoms with Gasteiger partial charge in [-0.2, -0.15) is 13.2 Å². The van der Waals surface area contributed by atoms with Crippen molar-refractivity contribution in [1.29, 1.82) is 0 Å². The molecule has 1 aliphatic rings. The highest BCUT2D eigenvalue weighted by Crippen LogP contribution is 2.63. The fourth-order valence-corrected chi connectivity index (χ4v) is 2.64. The first-order valence-corrected chi connectivity index (χ1v) is 5.62. The van der Waals surface area contributed by atoms with Crippen molar-refractivity contribution in [3.8, 4) is 0 Å². The molecule has 1 unspecified atom stereocenters. The normalized spacial score (nSPS) is 27.0. The summed E-state index contributed by atoms with van der Waals surface area (Å²) in [4.78, 5) is 0. The van der Waals surface area contributed by atoms with Crippen LogP contribution in [0, 0.1) is 5.41 Å². The predicted octanol–water partition coefficient (Wildman–Crippen LogP) is 3.94. The SMILES string of the molecule is CC1(C)CC1(N)c1c(Cl)cccc1C(F)(F)F. The lowest BCUT2D eigenvalue weighted by atomic mass is 9.92. The van der Waals surface area contributed by atoms with Crippen LogP contribution in [0.1, 0.15) is 31.4 Å². The van der Waals surface area contributed by atoms with E-state index in [1.807, 2.05) is 13.8 Å². The Kier molecular flexibility index (Phi) is 2.53. The number of alkyl halides is 3. The Bertz CT molecular complexity index is 467. The van der Waals surface area contributed by atoms with E-state index in [9.17, 15) is 13.2 Å². The second-order valence-electron chi connectivity index (χ2n) is 5.19. The Labute approximate surface area is 103 Å². The molecule has 2 rings (SSSR count). The number of halogens is 4. The largest absolute Gasteiger partial charge is 0.416 e. The molecule has 1 saturated carbocycles. The first kappa shape index (κ1) is 12.7. The highest BCUT2D eigenvalue weighted by molar-refractivity contribution is 6.31. The van der Waals surface area contributed by atoms with Gasteiger partial charge >= 0.3 is 6.18 Å². The minimum absolute atomic E-state index is 0.0270. The first-order valence-electron chi connectivity index (χ1n) is 5.25. The van der Waals surface area contributed by atoms with Crippen molar-refractivity contribution in [2.24, 2.45) is 11.1 Å². The smallest absolute Gasteiger partial charge is 0.321 e. The molecule has 0 heterocycles. The van der Waals surface area contributed by atoms with E-state index in [0.29, 0.717) is 6.42 Å². The van der Waals surface area contributed by atoms with Crippen molar-refractivity contribution in [3.05, 3.63) is 34.3 Å². The van der Waals surface area contributed by atoms with Gasteiger partial charge in [-0.1, -0.05) is 31.5 Å². The molecule has 5 heteroatoms. The summed E-state index contributed by atoms with van der Waals surface area (Å²) in [5.74, 6) is 0. The number of rotatable bonds is 1. The van der Waals surface area contributed by atoms with E-state index in [-0.39, 0.29) is 16.0 Å². The Morgan fingerprint density at radius 1 is 1.29 bits per heavy atom. The van der Waals surface area contributed by atoms with E-state index in [4.69, 9.17) is 17.3 Å². The number of hydrogen-bond acceptors (Lipinski definition) is 1. The summed E-state index contributed by atoms with van der Waals surface area (Å²) in [5.41, 5.74) is 4.04. The van der Waals surface area contributed by atoms with Crippen LogP contribution in [0.15, 0.2) is 18.2 Å². The molecule has 1 fully saturated rings. The highest BCUT2D eigenvalue weighted by Gasteiger charge is 2.62. The van der Waals surface area contributed by atoms with Gasteiger partial charge in [-0.25, -0.2) is 0 Å². The molecule has 17 heavy (non-hydrogen) atoms. The molecule has 0 radical (unpaired) electrons. The maximum Gasteiger partial charge on any atom is 0.416 e. The molecule has 1 atom stereocenters. The van der Waals surface area contributed by atoms with Gasteiger partial charge in [0.2, 0.25) is 0 Å². The van der Waals surface area contributed by atoms with E-state index in [0.717, 1.165) is 6.07 Å². The van der Waals surface area contributed by atoms with Gasteiger partial charge in [0.05, 0.1) is 5.56 Å². The van der Waals surface area contributed by atoms with Gasteiger partial charge in [-0.15, -0.1) is 0 Å². The topological polar surface area (TPSA) is 26.0 Å². The second-order valence-corrected chi connectivity index (χ2v) is 5.60. The molecule has 0 amide bonds. The van der Waals surface area contributed by atoms with E-state index in [1.165, 1.54) is 12.1 Å². The molecular formula is C12H13ClF3N. The number of benzene rings is 1. The highest BCUT2D eigenvalue weighted by atomic mass is 35.5. The zero-order chi connectivity index (χ0) is 13.1. The lowest BCUT2D eigenvalue weighted by molar-refractivity contribution is -0.138. The third kappa shape index (κ3) is 1.83. The Morgan fingerprint density at radius 2 is 1.82 bits per heavy atom. The molecule has 1 aliphatic carbocycles. The van der Waals surface area contributed by atoms with E-state index >= 15 is 0 Å².